The summed E-state index contributed by atoms with van der Waals surface area (Å²) >= 11 is 0. The number of carbonyl (C=O) groups is 1. The molecular formula is C15H16O4. The number of aromatic carboxylic acids is 1. The Kier molecular flexibility index (Phi) is 4.08. The van der Waals surface area contributed by atoms with Gasteiger partial charge < -0.3 is 14.6 Å². The van der Waals surface area contributed by atoms with Crippen LogP contribution in [0.15, 0.2) is 18.2 Å². The molecule has 1 heterocycles. The second kappa shape index (κ2) is 5.77. The predicted octanol–water partition coefficient (Wildman–Crippen LogP) is 2.03. The molecule has 1 aliphatic rings. The summed E-state index contributed by atoms with van der Waals surface area (Å²) in [6, 6.07) is 4.87. The van der Waals surface area contributed by atoms with Crippen LogP contribution in [0.4, 0.5) is 0 Å². The molecule has 1 aromatic carbocycles. The Balaban J connectivity index is 2.17. The minimum absolute atomic E-state index is 0.147. The standard InChI is InChI=1S/C15H16O4/c1-10(12-8-19-9-12)3-4-11-5-6-13(15(16)17)14(7-11)18-2/h5-7,10,12H,8-9H2,1-2H3,(H,16,17). The SMILES string of the molecule is COc1cc(C#CC(C)C2COC2)ccc1C(=O)O. The lowest BCUT2D eigenvalue weighted by molar-refractivity contribution is -0.0465. The molecule has 4 nitrogen and oxygen atoms in total. The van der Waals surface area contributed by atoms with Crippen molar-refractivity contribution in [1.82, 2.24) is 0 Å². The van der Waals surface area contributed by atoms with Crippen LogP contribution in [-0.2, 0) is 4.74 Å². The van der Waals surface area contributed by atoms with E-state index in [1.807, 2.05) is 0 Å². The summed E-state index contributed by atoms with van der Waals surface area (Å²) in [5, 5.41) is 8.99. The van der Waals surface area contributed by atoms with Crippen LogP contribution in [0.2, 0.25) is 0 Å². The highest BCUT2D eigenvalue weighted by Crippen LogP contribution is 2.21. The molecule has 1 unspecified atom stereocenters. The summed E-state index contributed by atoms with van der Waals surface area (Å²) in [5.74, 6) is 6.34. The van der Waals surface area contributed by atoms with Crippen molar-refractivity contribution in [3.8, 4) is 17.6 Å². The third-order valence-electron chi connectivity index (χ3n) is 3.25. The number of benzene rings is 1. The first-order valence-corrected chi connectivity index (χ1v) is 6.12. The van der Waals surface area contributed by atoms with Crippen molar-refractivity contribution in [3.05, 3.63) is 29.3 Å². The molecule has 1 fully saturated rings. The van der Waals surface area contributed by atoms with Gasteiger partial charge in [0.15, 0.2) is 0 Å². The van der Waals surface area contributed by atoms with Crippen molar-refractivity contribution in [3.63, 3.8) is 0 Å². The van der Waals surface area contributed by atoms with Crippen LogP contribution in [-0.4, -0.2) is 31.4 Å². The zero-order valence-electron chi connectivity index (χ0n) is 11.0. The van der Waals surface area contributed by atoms with Crippen LogP contribution >= 0.6 is 0 Å². The van der Waals surface area contributed by atoms with Gasteiger partial charge in [-0.25, -0.2) is 4.79 Å². The van der Waals surface area contributed by atoms with Crippen LogP contribution in [0.1, 0.15) is 22.8 Å². The molecule has 4 heteroatoms. The summed E-state index contributed by atoms with van der Waals surface area (Å²) in [5.41, 5.74) is 0.905. The zero-order valence-corrected chi connectivity index (χ0v) is 11.0. The van der Waals surface area contributed by atoms with Gasteiger partial charge in [-0.2, -0.15) is 0 Å². The maximum absolute atomic E-state index is 11.0. The summed E-state index contributed by atoms with van der Waals surface area (Å²) in [7, 11) is 1.45. The quantitative estimate of drug-likeness (QED) is 0.845. The fourth-order valence-corrected chi connectivity index (χ4v) is 1.80. The summed E-state index contributed by atoms with van der Waals surface area (Å²) in [6.07, 6.45) is 0. The van der Waals surface area contributed by atoms with E-state index < -0.39 is 5.97 Å². The summed E-state index contributed by atoms with van der Waals surface area (Å²) in [4.78, 5) is 11.0. The summed E-state index contributed by atoms with van der Waals surface area (Å²) in [6.45, 7) is 3.62. The Morgan fingerprint density at radius 1 is 1.53 bits per heavy atom. The largest absolute Gasteiger partial charge is 0.496 e. The van der Waals surface area contributed by atoms with Gasteiger partial charge in [0, 0.05) is 17.4 Å². The van der Waals surface area contributed by atoms with Crippen molar-refractivity contribution in [2.75, 3.05) is 20.3 Å². The Labute approximate surface area is 112 Å². The fourth-order valence-electron chi connectivity index (χ4n) is 1.80. The van der Waals surface area contributed by atoms with Gasteiger partial charge in [-0.1, -0.05) is 18.8 Å². The smallest absolute Gasteiger partial charge is 0.339 e. The van der Waals surface area contributed by atoms with E-state index in [0.717, 1.165) is 18.8 Å². The third kappa shape index (κ3) is 3.07. The number of carboxylic acids is 1. The molecule has 1 saturated heterocycles. The van der Waals surface area contributed by atoms with Gasteiger partial charge in [-0.15, -0.1) is 0 Å². The van der Waals surface area contributed by atoms with Gasteiger partial charge in [0.1, 0.15) is 11.3 Å². The van der Waals surface area contributed by atoms with Crippen molar-refractivity contribution in [1.29, 1.82) is 0 Å². The van der Waals surface area contributed by atoms with Crippen LogP contribution in [0.25, 0.3) is 0 Å². The number of hydrogen-bond acceptors (Lipinski definition) is 3. The number of carboxylic acid groups (broad SMARTS) is 1. The first kappa shape index (κ1) is 13.4. The average molecular weight is 260 g/mol. The first-order valence-electron chi connectivity index (χ1n) is 6.12. The van der Waals surface area contributed by atoms with E-state index in [0.29, 0.717) is 11.7 Å². The highest BCUT2D eigenvalue weighted by molar-refractivity contribution is 5.91. The van der Waals surface area contributed by atoms with Crippen LogP contribution in [0.5, 0.6) is 5.75 Å². The maximum Gasteiger partial charge on any atom is 0.339 e. The maximum atomic E-state index is 11.0. The molecule has 0 bridgehead atoms. The molecule has 1 N–H and O–H groups in total. The van der Waals surface area contributed by atoms with Crippen molar-refractivity contribution in [2.24, 2.45) is 11.8 Å². The number of rotatable bonds is 3. The van der Waals surface area contributed by atoms with Gasteiger partial charge in [0.2, 0.25) is 0 Å². The predicted molar refractivity (Wildman–Crippen MR) is 70.3 cm³/mol. The van der Waals surface area contributed by atoms with Crippen LogP contribution in [0.3, 0.4) is 0 Å². The zero-order chi connectivity index (χ0) is 13.8. The minimum Gasteiger partial charge on any atom is -0.496 e. The van der Waals surface area contributed by atoms with Gasteiger partial charge in [-0.3, -0.25) is 0 Å². The first-order chi connectivity index (χ1) is 9.11. The molecule has 1 atom stereocenters. The fraction of sp³-hybridized carbons (Fsp3) is 0.400. The molecule has 19 heavy (non-hydrogen) atoms. The van der Waals surface area contributed by atoms with Gasteiger partial charge in [0.05, 0.1) is 20.3 Å². The Morgan fingerprint density at radius 2 is 2.26 bits per heavy atom. The highest BCUT2D eigenvalue weighted by atomic mass is 16.5. The molecule has 0 radical (unpaired) electrons. The molecule has 2 rings (SSSR count). The normalized spacial score (nSPS) is 15.9. The summed E-state index contributed by atoms with van der Waals surface area (Å²) < 4.78 is 10.2. The monoisotopic (exact) mass is 260 g/mol. The minimum atomic E-state index is -1.00. The molecule has 0 saturated carbocycles. The number of hydrogen-bond donors (Lipinski definition) is 1. The van der Waals surface area contributed by atoms with Gasteiger partial charge in [0.25, 0.3) is 0 Å². The van der Waals surface area contributed by atoms with Gasteiger partial charge >= 0.3 is 5.97 Å². The van der Waals surface area contributed by atoms with E-state index in [9.17, 15) is 4.79 Å². The van der Waals surface area contributed by atoms with Crippen LogP contribution in [0, 0.1) is 23.7 Å². The average Bonchev–Trinajstić information content (AvgIpc) is 2.33. The lowest BCUT2D eigenvalue weighted by atomic mass is 9.93. The Hall–Kier alpha value is -1.99. The topological polar surface area (TPSA) is 55.8 Å². The molecule has 0 aromatic heterocycles. The Morgan fingerprint density at radius 3 is 2.79 bits per heavy atom. The number of methoxy groups -OCH3 is 1. The third-order valence-corrected chi connectivity index (χ3v) is 3.25. The van der Waals surface area contributed by atoms with E-state index in [1.165, 1.54) is 13.2 Å². The van der Waals surface area contributed by atoms with Gasteiger partial charge in [-0.05, 0) is 18.2 Å². The number of ether oxygens (including phenoxy) is 2. The highest BCUT2D eigenvalue weighted by Gasteiger charge is 2.23. The van der Waals surface area contributed by atoms with E-state index in [-0.39, 0.29) is 11.5 Å². The van der Waals surface area contributed by atoms with Crippen molar-refractivity contribution in [2.45, 2.75) is 6.92 Å². The van der Waals surface area contributed by atoms with E-state index >= 15 is 0 Å². The molecule has 100 valence electrons. The lowest BCUT2D eigenvalue weighted by Crippen LogP contribution is -2.32. The van der Waals surface area contributed by atoms with E-state index in [4.69, 9.17) is 14.6 Å². The molecule has 0 spiro atoms. The molecule has 0 amide bonds. The molecule has 0 aliphatic carbocycles. The second-order valence-corrected chi connectivity index (χ2v) is 4.58. The van der Waals surface area contributed by atoms with E-state index in [1.54, 1.807) is 12.1 Å². The van der Waals surface area contributed by atoms with Crippen LogP contribution < -0.4 is 4.74 Å². The molecule has 1 aromatic rings. The van der Waals surface area contributed by atoms with Crippen molar-refractivity contribution < 1.29 is 19.4 Å². The Bertz CT molecular complexity index is 535. The van der Waals surface area contributed by atoms with Crippen molar-refractivity contribution >= 4 is 5.97 Å². The molecule has 1 aliphatic heterocycles. The lowest BCUT2D eigenvalue weighted by Gasteiger charge is -2.28. The van der Waals surface area contributed by atoms with E-state index in [2.05, 4.69) is 18.8 Å². The second-order valence-electron chi connectivity index (χ2n) is 4.58. The molecular weight excluding hydrogens is 244 g/mol.